The maximum Gasteiger partial charge on any atom is 0.241 e. The van der Waals surface area contributed by atoms with Gasteiger partial charge < -0.3 is 5.11 Å². The van der Waals surface area contributed by atoms with E-state index in [4.69, 9.17) is 0 Å². The van der Waals surface area contributed by atoms with Crippen LogP contribution in [0.2, 0.25) is 0 Å². The molecular formula is C15H18N2O3S. The number of pyridine rings is 1. The Morgan fingerprint density at radius 2 is 1.95 bits per heavy atom. The molecular weight excluding hydrogens is 288 g/mol. The highest BCUT2D eigenvalue weighted by molar-refractivity contribution is 7.89. The molecule has 1 aliphatic carbocycles. The second-order valence-electron chi connectivity index (χ2n) is 5.58. The van der Waals surface area contributed by atoms with E-state index in [-0.39, 0.29) is 11.5 Å². The second-order valence-corrected chi connectivity index (χ2v) is 7.23. The first-order valence-corrected chi connectivity index (χ1v) is 8.53. The van der Waals surface area contributed by atoms with E-state index >= 15 is 0 Å². The summed E-state index contributed by atoms with van der Waals surface area (Å²) in [6.07, 6.45) is 4.84. The van der Waals surface area contributed by atoms with Crippen molar-refractivity contribution in [2.45, 2.75) is 36.1 Å². The minimum atomic E-state index is -3.69. The summed E-state index contributed by atoms with van der Waals surface area (Å²) in [6, 6.07) is 8.51. The van der Waals surface area contributed by atoms with Gasteiger partial charge in [-0.2, -0.15) is 0 Å². The van der Waals surface area contributed by atoms with Crippen LogP contribution in [0, 0.1) is 0 Å². The predicted molar refractivity (Wildman–Crippen MR) is 80.3 cm³/mol. The Labute approximate surface area is 124 Å². The summed E-state index contributed by atoms with van der Waals surface area (Å²) >= 11 is 0. The maximum absolute atomic E-state index is 12.7. The van der Waals surface area contributed by atoms with Gasteiger partial charge in [0.2, 0.25) is 10.0 Å². The van der Waals surface area contributed by atoms with Crippen LogP contribution in [0.5, 0.6) is 0 Å². The van der Waals surface area contributed by atoms with Crippen molar-refractivity contribution in [3.8, 4) is 0 Å². The van der Waals surface area contributed by atoms with Gasteiger partial charge in [0.1, 0.15) is 0 Å². The summed E-state index contributed by atoms with van der Waals surface area (Å²) in [7, 11) is -3.69. The van der Waals surface area contributed by atoms with Crippen LogP contribution in [0.1, 0.15) is 25.7 Å². The molecule has 5 nitrogen and oxygen atoms in total. The quantitative estimate of drug-likeness (QED) is 0.903. The number of hydrogen-bond donors (Lipinski definition) is 2. The Bertz CT molecular complexity index is 747. The number of fused-ring (bicyclic) bond motifs is 1. The fraction of sp³-hybridized carbons (Fsp3) is 0.400. The molecule has 1 heterocycles. The zero-order valence-electron chi connectivity index (χ0n) is 11.6. The van der Waals surface area contributed by atoms with Crippen molar-refractivity contribution in [2.75, 3.05) is 6.61 Å². The van der Waals surface area contributed by atoms with Crippen molar-refractivity contribution in [1.82, 2.24) is 9.71 Å². The van der Waals surface area contributed by atoms with Gasteiger partial charge in [0.05, 0.1) is 22.6 Å². The van der Waals surface area contributed by atoms with Crippen LogP contribution >= 0.6 is 0 Å². The monoisotopic (exact) mass is 306 g/mol. The number of nitrogens with one attached hydrogen (secondary N) is 1. The third-order valence-electron chi connectivity index (χ3n) is 4.11. The number of aliphatic hydroxyl groups excluding tert-OH is 1. The van der Waals surface area contributed by atoms with E-state index in [1.165, 1.54) is 0 Å². The molecule has 1 aromatic carbocycles. The number of nitrogens with zero attached hydrogens (tertiary/aromatic N) is 1. The Kier molecular flexibility index (Phi) is 3.69. The Morgan fingerprint density at radius 1 is 1.19 bits per heavy atom. The van der Waals surface area contributed by atoms with E-state index in [0.29, 0.717) is 23.7 Å². The molecule has 0 spiro atoms. The molecule has 0 saturated heterocycles. The van der Waals surface area contributed by atoms with E-state index in [1.54, 1.807) is 36.5 Å². The minimum Gasteiger partial charge on any atom is -0.394 e. The van der Waals surface area contributed by atoms with Gasteiger partial charge in [-0.05, 0) is 37.1 Å². The largest absolute Gasteiger partial charge is 0.394 e. The summed E-state index contributed by atoms with van der Waals surface area (Å²) in [5, 5.41) is 10.2. The Balaban J connectivity index is 2.04. The average Bonchev–Trinajstić information content (AvgIpc) is 2.95. The van der Waals surface area contributed by atoms with Crippen molar-refractivity contribution >= 4 is 20.9 Å². The van der Waals surface area contributed by atoms with E-state index < -0.39 is 15.6 Å². The average molecular weight is 306 g/mol. The maximum atomic E-state index is 12.7. The first-order valence-electron chi connectivity index (χ1n) is 7.05. The van der Waals surface area contributed by atoms with Crippen molar-refractivity contribution in [3.63, 3.8) is 0 Å². The van der Waals surface area contributed by atoms with Crippen LogP contribution in [-0.2, 0) is 10.0 Å². The molecule has 2 N–H and O–H groups in total. The molecule has 2 aromatic rings. The van der Waals surface area contributed by atoms with Crippen molar-refractivity contribution < 1.29 is 13.5 Å². The molecule has 3 rings (SSSR count). The van der Waals surface area contributed by atoms with Crippen LogP contribution in [0.4, 0.5) is 0 Å². The molecule has 1 aromatic heterocycles. The Hall–Kier alpha value is -1.50. The summed E-state index contributed by atoms with van der Waals surface area (Å²) in [5.41, 5.74) is -0.0757. The molecule has 112 valence electrons. The van der Waals surface area contributed by atoms with Crippen LogP contribution in [0.25, 0.3) is 10.9 Å². The smallest absolute Gasteiger partial charge is 0.241 e. The zero-order chi connectivity index (χ0) is 14.9. The van der Waals surface area contributed by atoms with Crippen molar-refractivity contribution in [2.24, 2.45) is 0 Å². The van der Waals surface area contributed by atoms with Gasteiger partial charge in [-0.25, -0.2) is 13.1 Å². The minimum absolute atomic E-state index is 0.171. The lowest BCUT2D eigenvalue weighted by atomic mass is 10.0. The second kappa shape index (κ2) is 5.36. The van der Waals surface area contributed by atoms with Gasteiger partial charge in [0.25, 0.3) is 0 Å². The summed E-state index contributed by atoms with van der Waals surface area (Å²) in [5.74, 6) is 0. The van der Waals surface area contributed by atoms with E-state index in [0.717, 1.165) is 12.8 Å². The molecule has 0 atom stereocenters. The molecule has 1 aliphatic rings. The van der Waals surface area contributed by atoms with Crippen molar-refractivity contribution in [3.05, 3.63) is 36.5 Å². The molecule has 0 unspecified atom stereocenters. The van der Waals surface area contributed by atoms with Crippen LogP contribution < -0.4 is 4.72 Å². The molecule has 1 saturated carbocycles. The first kappa shape index (κ1) is 14.4. The molecule has 0 amide bonds. The van der Waals surface area contributed by atoms with Gasteiger partial charge in [-0.15, -0.1) is 0 Å². The number of sulfonamides is 1. The third-order valence-corrected chi connectivity index (χ3v) is 5.75. The van der Waals surface area contributed by atoms with Crippen molar-refractivity contribution in [1.29, 1.82) is 0 Å². The van der Waals surface area contributed by atoms with Crippen LogP contribution in [0.15, 0.2) is 41.4 Å². The molecule has 0 radical (unpaired) electrons. The fourth-order valence-electron chi connectivity index (χ4n) is 2.99. The molecule has 6 heteroatoms. The van der Waals surface area contributed by atoms with Crippen LogP contribution in [0.3, 0.4) is 0 Å². The van der Waals surface area contributed by atoms with Gasteiger partial charge >= 0.3 is 0 Å². The highest BCUT2D eigenvalue weighted by atomic mass is 32.2. The number of benzene rings is 1. The number of aromatic nitrogens is 1. The highest BCUT2D eigenvalue weighted by Crippen LogP contribution is 2.31. The predicted octanol–water partition coefficient (Wildman–Crippen LogP) is 1.82. The lowest BCUT2D eigenvalue weighted by Gasteiger charge is -2.27. The van der Waals surface area contributed by atoms with E-state index in [9.17, 15) is 13.5 Å². The lowest BCUT2D eigenvalue weighted by Crippen LogP contribution is -2.49. The van der Waals surface area contributed by atoms with Gasteiger partial charge in [0.15, 0.2) is 0 Å². The summed E-state index contributed by atoms with van der Waals surface area (Å²) < 4.78 is 28.2. The van der Waals surface area contributed by atoms with Gasteiger partial charge in [0, 0.05) is 11.6 Å². The standard InChI is InChI=1S/C15H18N2O3S/c18-11-15(8-1-2-9-15)17-21(19,20)14-7-3-6-13-12(14)5-4-10-16-13/h3-7,10,17-18H,1-2,8-9,11H2. The topological polar surface area (TPSA) is 79.3 Å². The highest BCUT2D eigenvalue weighted by Gasteiger charge is 2.37. The Morgan fingerprint density at radius 3 is 2.67 bits per heavy atom. The number of aliphatic hydroxyl groups is 1. The van der Waals surface area contributed by atoms with E-state index in [2.05, 4.69) is 9.71 Å². The summed E-state index contributed by atoms with van der Waals surface area (Å²) in [4.78, 5) is 4.40. The molecule has 0 aliphatic heterocycles. The third kappa shape index (κ3) is 2.66. The lowest BCUT2D eigenvalue weighted by molar-refractivity contribution is 0.185. The van der Waals surface area contributed by atoms with Gasteiger partial charge in [-0.1, -0.05) is 18.9 Å². The fourth-order valence-corrected chi connectivity index (χ4v) is 4.66. The SMILES string of the molecule is O=S(=O)(NC1(CO)CCCC1)c1cccc2ncccc12. The molecule has 0 bridgehead atoms. The normalized spacial score (nSPS) is 18.1. The number of hydrogen-bond acceptors (Lipinski definition) is 4. The molecule has 1 fully saturated rings. The zero-order valence-corrected chi connectivity index (χ0v) is 12.4. The summed E-state index contributed by atoms with van der Waals surface area (Å²) in [6.45, 7) is -0.171. The number of rotatable bonds is 4. The van der Waals surface area contributed by atoms with E-state index in [1.807, 2.05) is 0 Å². The van der Waals surface area contributed by atoms with Gasteiger partial charge in [-0.3, -0.25) is 4.98 Å². The van der Waals surface area contributed by atoms with Crippen LogP contribution in [-0.4, -0.2) is 30.7 Å². The molecule has 21 heavy (non-hydrogen) atoms. The first-order chi connectivity index (χ1) is 10.1.